The van der Waals surface area contributed by atoms with Crippen LogP contribution in [0.25, 0.3) is 0 Å². The van der Waals surface area contributed by atoms with E-state index in [-0.39, 0.29) is 5.92 Å². The standard InChI is InChI=1S/C15H19BrN2O/c16-14-5-1-3-11-6-8-18(10-13(11)14)15(19)12-4-2-7-17-9-12/h1,3,5,12,17H,2,4,6-10H2. The normalized spacial score (nSPS) is 23.0. The minimum atomic E-state index is 0.179. The summed E-state index contributed by atoms with van der Waals surface area (Å²) in [5, 5.41) is 3.33. The number of rotatable bonds is 1. The molecule has 3 nitrogen and oxygen atoms in total. The molecule has 1 amide bonds. The Kier molecular flexibility index (Phi) is 3.89. The lowest BCUT2D eigenvalue weighted by molar-refractivity contribution is -0.137. The minimum absolute atomic E-state index is 0.179. The molecule has 4 heteroatoms. The maximum Gasteiger partial charge on any atom is 0.227 e. The molecule has 0 spiro atoms. The summed E-state index contributed by atoms with van der Waals surface area (Å²) >= 11 is 3.60. The summed E-state index contributed by atoms with van der Waals surface area (Å²) < 4.78 is 1.13. The minimum Gasteiger partial charge on any atom is -0.338 e. The Labute approximate surface area is 122 Å². The number of halogens is 1. The summed E-state index contributed by atoms with van der Waals surface area (Å²) in [4.78, 5) is 14.6. The highest BCUT2D eigenvalue weighted by Gasteiger charge is 2.28. The number of nitrogens with zero attached hydrogens (tertiary/aromatic N) is 1. The first kappa shape index (κ1) is 13.1. The van der Waals surface area contributed by atoms with Gasteiger partial charge in [0, 0.05) is 24.1 Å². The molecule has 1 saturated heterocycles. The second kappa shape index (κ2) is 5.63. The fraction of sp³-hybridized carbons (Fsp3) is 0.533. The molecule has 2 aliphatic rings. The average molecular weight is 323 g/mol. The van der Waals surface area contributed by atoms with Crippen LogP contribution in [0.1, 0.15) is 24.0 Å². The van der Waals surface area contributed by atoms with Crippen LogP contribution < -0.4 is 5.32 Å². The van der Waals surface area contributed by atoms with Crippen LogP contribution in [0.4, 0.5) is 0 Å². The van der Waals surface area contributed by atoms with Gasteiger partial charge in [-0.3, -0.25) is 4.79 Å². The van der Waals surface area contributed by atoms with Crippen LogP contribution in [0.15, 0.2) is 22.7 Å². The Balaban J connectivity index is 1.74. The first-order chi connectivity index (χ1) is 9.25. The van der Waals surface area contributed by atoms with Gasteiger partial charge in [0.05, 0.1) is 5.92 Å². The molecule has 1 atom stereocenters. The van der Waals surface area contributed by atoms with Gasteiger partial charge in [0.2, 0.25) is 5.91 Å². The number of amides is 1. The van der Waals surface area contributed by atoms with E-state index in [1.54, 1.807) is 0 Å². The molecule has 0 bridgehead atoms. The zero-order chi connectivity index (χ0) is 13.2. The first-order valence-electron chi connectivity index (χ1n) is 7.01. The fourth-order valence-corrected chi connectivity index (χ4v) is 3.58. The highest BCUT2D eigenvalue weighted by Crippen LogP contribution is 2.27. The molecule has 19 heavy (non-hydrogen) atoms. The number of carbonyl (C=O) groups excluding carboxylic acids is 1. The van der Waals surface area contributed by atoms with Crippen molar-refractivity contribution in [1.82, 2.24) is 10.2 Å². The monoisotopic (exact) mass is 322 g/mol. The molecule has 102 valence electrons. The van der Waals surface area contributed by atoms with Crippen LogP contribution in [0, 0.1) is 5.92 Å². The summed E-state index contributed by atoms with van der Waals surface area (Å²) in [6, 6.07) is 6.31. The number of hydrogen-bond acceptors (Lipinski definition) is 2. The number of hydrogen-bond donors (Lipinski definition) is 1. The Morgan fingerprint density at radius 3 is 3.11 bits per heavy atom. The van der Waals surface area contributed by atoms with Gasteiger partial charge in [0.15, 0.2) is 0 Å². The van der Waals surface area contributed by atoms with Gasteiger partial charge in [-0.1, -0.05) is 28.1 Å². The van der Waals surface area contributed by atoms with Gasteiger partial charge in [0.1, 0.15) is 0 Å². The predicted octanol–water partition coefficient (Wildman–Crippen LogP) is 2.33. The lowest BCUT2D eigenvalue weighted by atomic mass is 9.95. The van der Waals surface area contributed by atoms with Crippen molar-refractivity contribution in [2.24, 2.45) is 5.92 Å². The predicted molar refractivity (Wildman–Crippen MR) is 78.9 cm³/mol. The Hall–Kier alpha value is -0.870. The van der Waals surface area contributed by atoms with Crippen LogP contribution in [0.2, 0.25) is 0 Å². The van der Waals surface area contributed by atoms with E-state index in [1.165, 1.54) is 11.1 Å². The van der Waals surface area contributed by atoms with E-state index in [9.17, 15) is 4.79 Å². The van der Waals surface area contributed by atoms with Crippen LogP contribution >= 0.6 is 15.9 Å². The molecular weight excluding hydrogens is 304 g/mol. The zero-order valence-corrected chi connectivity index (χ0v) is 12.6. The van der Waals surface area contributed by atoms with Gasteiger partial charge in [-0.2, -0.15) is 0 Å². The third kappa shape index (κ3) is 2.70. The number of piperidine rings is 1. The third-order valence-corrected chi connectivity index (χ3v) is 4.92. The van der Waals surface area contributed by atoms with Crippen molar-refractivity contribution in [3.05, 3.63) is 33.8 Å². The second-order valence-electron chi connectivity index (χ2n) is 5.43. The maximum absolute atomic E-state index is 12.5. The maximum atomic E-state index is 12.5. The summed E-state index contributed by atoms with van der Waals surface area (Å²) in [7, 11) is 0. The van der Waals surface area contributed by atoms with Crippen molar-refractivity contribution in [3.8, 4) is 0 Å². The second-order valence-corrected chi connectivity index (χ2v) is 6.28. The molecule has 0 aromatic heterocycles. The molecule has 1 N–H and O–H groups in total. The van der Waals surface area contributed by atoms with Crippen molar-refractivity contribution >= 4 is 21.8 Å². The molecule has 2 aliphatic heterocycles. The van der Waals surface area contributed by atoms with Crippen molar-refractivity contribution in [2.75, 3.05) is 19.6 Å². The van der Waals surface area contributed by atoms with E-state index in [2.05, 4.69) is 39.4 Å². The fourth-order valence-electron chi connectivity index (χ4n) is 3.05. The van der Waals surface area contributed by atoms with Gasteiger partial charge in [-0.05, 0) is 43.0 Å². The van der Waals surface area contributed by atoms with Crippen LogP contribution in [-0.4, -0.2) is 30.4 Å². The summed E-state index contributed by atoms with van der Waals surface area (Å²) in [5.74, 6) is 0.506. The van der Waals surface area contributed by atoms with E-state index in [1.807, 2.05) is 4.90 Å². The van der Waals surface area contributed by atoms with Gasteiger partial charge >= 0.3 is 0 Å². The Morgan fingerprint density at radius 2 is 2.32 bits per heavy atom. The van der Waals surface area contributed by atoms with Crippen molar-refractivity contribution < 1.29 is 4.79 Å². The smallest absolute Gasteiger partial charge is 0.227 e. The highest BCUT2D eigenvalue weighted by atomic mass is 79.9. The van der Waals surface area contributed by atoms with Gasteiger partial charge < -0.3 is 10.2 Å². The van der Waals surface area contributed by atoms with Gasteiger partial charge in [0.25, 0.3) is 0 Å². The number of nitrogens with one attached hydrogen (secondary N) is 1. The molecule has 3 rings (SSSR count). The first-order valence-corrected chi connectivity index (χ1v) is 7.81. The topological polar surface area (TPSA) is 32.3 Å². The van der Waals surface area contributed by atoms with Crippen molar-refractivity contribution in [3.63, 3.8) is 0 Å². The highest BCUT2D eigenvalue weighted by molar-refractivity contribution is 9.10. The molecule has 0 aliphatic carbocycles. The summed E-state index contributed by atoms with van der Waals surface area (Å²) in [6.45, 7) is 3.52. The molecule has 1 unspecified atom stereocenters. The van der Waals surface area contributed by atoms with Crippen LogP contribution in [0.5, 0.6) is 0 Å². The SMILES string of the molecule is O=C(C1CCCNC1)N1CCc2cccc(Br)c2C1. The molecule has 1 fully saturated rings. The van der Waals surface area contributed by atoms with Gasteiger partial charge in [-0.15, -0.1) is 0 Å². The zero-order valence-electron chi connectivity index (χ0n) is 11.0. The number of carbonyl (C=O) groups is 1. The summed E-state index contributed by atoms with van der Waals surface area (Å²) in [6.07, 6.45) is 3.12. The number of fused-ring (bicyclic) bond motifs is 1. The van der Waals surface area contributed by atoms with Gasteiger partial charge in [-0.25, -0.2) is 0 Å². The van der Waals surface area contributed by atoms with E-state index >= 15 is 0 Å². The molecule has 0 saturated carbocycles. The largest absolute Gasteiger partial charge is 0.338 e. The molecule has 1 aromatic carbocycles. The Bertz CT molecular complexity index is 483. The molecule has 2 heterocycles. The van der Waals surface area contributed by atoms with Crippen molar-refractivity contribution in [2.45, 2.75) is 25.8 Å². The lowest BCUT2D eigenvalue weighted by Gasteiger charge is -2.33. The van der Waals surface area contributed by atoms with E-state index in [0.29, 0.717) is 5.91 Å². The van der Waals surface area contributed by atoms with Crippen LogP contribution in [-0.2, 0) is 17.8 Å². The third-order valence-electron chi connectivity index (χ3n) is 4.17. The Morgan fingerprint density at radius 1 is 1.42 bits per heavy atom. The number of benzene rings is 1. The van der Waals surface area contributed by atoms with E-state index in [0.717, 1.165) is 49.9 Å². The summed E-state index contributed by atoms with van der Waals surface area (Å²) in [5.41, 5.74) is 2.66. The quantitative estimate of drug-likeness (QED) is 0.860. The van der Waals surface area contributed by atoms with Crippen molar-refractivity contribution in [1.29, 1.82) is 0 Å². The molecule has 0 radical (unpaired) electrons. The van der Waals surface area contributed by atoms with E-state index < -0.39 is 0 Å². The molecular formula is C15H19BrN2O. The average Bonchev–Trinajstić information content (AvgIpc) is 2.47. The van der Waals surface area contributed by atoms with Crippen LogP contribution in [0.3, 0.4) is 0 Å². The molecule has 1 aromatic rings. The van der Waals surface area contributed by atoms with E-state index in [4.69, 9.17) is 0 Å². The lowest BCUT2D eigenvalue weighted by Crippen LogP contribution is -2.44.